The number of carbonyl (C=O) groups excluding carboxylic acids is 1. The van der Waals surface area contributed by atoms with Crippen LogP contribution in [0.5, 0.6) is 0 Å². The number of rotatable bonds is 4. The lowest BCUT2D eigenvalue weighted by molar-refractivity contribution is 0.0982. The highest BCUT2D eigenvalue weighted by Crippen LogP contribution is 2.16. The summed E-state index contributed by atoms with van der Waals surface area (Å²) in [5, 5.41) is 0.199. The Labute approximate surface area is 114 Å². The molecule has 0 atom stereocenters. The second kappa shape index (κ2) is 5.93. The van der Waals surface area contributed by atoms with Crippen LogP contribution in [0.4, 0.5) is 8.78 Å². The van der Waals surface area contributed by atoms with Crippen molar-refractivity contribution in [2.24, 2.45) is 0 Å². The molecule has 0 saturated heterocycles. The van der Waals surface area contributed by atoms with Crippen LogP contribution in [0.2, 0.25) is 5.02 Å². The second-order valence-corrected chi connectivity index (χ2v) is 4.64. The van der Waals surface area contributed by atoms with Gasteiger partial charge >= 0.3 is 0 Å². The van der Waals surface area contributed by atoms with Gasteiger partial charge in [0.2, 0.25) is 0 Å². The van der Waals surface area contributed by atoms with Crippen molar-refractivity contribution >= 4 is 17.4 Å². The molecule has 0 aliphatic heterocycles. The van der Waals surface area contributed by atoms with Gasteiger partial charge in [-0.1, -0.05) is 23.7 Å². The molecule has 2 aromatic rings. The Morgan fingerprint density at radius 3 is 2.32 bits per heavy atom. The molecule has 2 aromatic carbocycles. The minimum absolute atomic E-state index is 0.189. The first-order valence-corrected chi connectivity index (χ1v) is 6.16. The molecule has 19 heavy (non-hydrogen) atoms. The van der Waals surface area contributed by atoms with Crippen LogP contribution in [-0.4, -0.2) is 5.78 Å². The Morgan fingerprint density at radius 2 is 1.68 bits per heavy atom. The van der Waals surface area contributed by atoms with Crippen LogP contribution in [0.15, 0.2) is 42.5 Å². The van der Waals surface area contributed by atoms with Gasteiger partial charge in [-0.3, -0.25) is 4.79 Å². The Balaban J connectivity index is 2.03. The largest absolute Gasteiger partial charge is 0.294 e. The van der Waals surface area contributed by atoms with Crippen LogP contribution >= 0.6 is 11.6 Å². The molecule has 1 nitrogen and oxygen atoms in total. The summed E-state index contributed by atoms with van der Waals surface area (Å²) in [6.45, 7) is 0. The summed E-state index contributed by atoms with van der Waals surface area (Å²) < 4.78 is 25.8. The zero-order chi connectivity index (χ0) is 13.8. The molecule has 2 rings (SSSR count). The highest BCUT2D eigenvalue weighted by atomic mass is 35.5. The van der Waals surface area contributed by atoms with Gasteiger partial charge in [-0.05, 0) is 42.3 Å². The highest BCUT2D eigenvalue weighted by molar-refractivity contribution is 6.31. The normalized spacial score (nSPS) is 10.5. The molecule has 0 aliphatic carbocycles. The summed E-state index contributed by atoms with van der Waals surface area (Å²) >= 11 is 5.69. The van der Waals surface area contributed by atoms with Gasteiger partial charge in [-0.15, -0.1) is 0 Å². The standard InChI is InChI=1S/C15H11ClF2O/c16-12-7-11(8-14(18)9-12)15(19)6-3-10-1-4-13(17)5-2-10/h1-2,4-5,7-9H,3,6H2. The molecule has 0 spiro atoms. The van der Waals surface area contributed by atoms with E-state index in [9.17, 15) is 13.6 Å². The summed E-state index contributed by atoms with van der Waals surface area (Å²) in [5.41, 5.74) is 1.12. The summed E-state index contributed by atoms with van der Waals surface area (Å²) in [5.74, 6) is -1.03. The van der Waals surface area contributed by atoms with E-state index in [0.29, 0.717) is 6.42 Å². The van der Waals surface area contributed by atoms with E-state index >= 15 is 0 Å². The zero-order valence-corrected chi connectivity index (χ0v) is 10.8. The molecule has 4 heteroatoms. The highest BCUT2D eigenvalue weighted by Gasteiger charge is 2.09. The molecule has 0 aromatic heterocycles. The first-order valence-electron chi connectivity index (χ1n) is 5.78. The number of ketones is 1. The van der Waals surface area contributed by atoms with E-state index in [4.69, 9.17) is 11.6 Å². The summed E-state index contributed by atoms with van der Waals surface area (Å²) in [7, 11) is 0. The monoisotopic (exact) mass is 280 g/mol. The summed E-state index contributed by atoms with van der Waals surface area (Å²) in [6.07, 6.45) is 0.707. The van der Waals surface area contributed by atoms with Crippen LogP contribution in [-0.2, 0) is 6.42 Å². The number of halogens is 3. The van der Waals surface area contributed by atoms with E-state index in [1.807, 2.05) is 0 Å². The van der Waals surface area contributed by atoms with Gasteiger partial charge in [0, 0.05) is 17.0 Å². The predicted octanol–water partition coefficient (Wildman–Crippen LogP) is 4.43. The average molecular weight is 281 g/mol. The second-order valence-electron chi connectivity index (χ2n) is 4.21. The minimum atomic E-state index is -0.530. The van der Waals surface area contributed by atoms with Crippen molar-refractivity contribution in [3.05, 3.63) is 70.2 Å². The van der Waals surface area contributed by atoms with Gasteiger partial charge in [-0.25, -0.2) is 8.78 Å². The van der Waals surface area contributed by atoms with Gasteiger partial charge < -0.3 is 0 Å². The lowest BCUT2D eigenvalue weighted by atomic mass is 10.0. The van der Waals surface area contributed by atoms with Crippen molar-refractivity contribution in [3.63, 3.8) is 0 Å². The lowest BCUT2D eigenvalue weighted by Gasteiger charge is -2.03. The van der Waals surface area contributed by atoms with E-state index in [-0.39, 0.29) is 28.6 Å². The molecule has 0 aliphatic rings. The minimum Gasteiger partial charge on any atom is -0.294 e. The smallest absolute Gasteiger partial charge is 0.163 e. The maximum Gasteiger partial charge on any atom is 0.163 e. The van der Waals surface area contributed by atoms with Crippen molar-refractivity contribution in [2.75, 3.05) is 0 Å². The zero-order valence-electron chi connectivity index (χ0n) is 10.00. The summed E-state index contributed by atoms with van der Waals surface area (Å²) in [4.78, 5) is 11.9. The molecular formula is C15H11ClF2O. The van der Waals surface area contributed by atoms with Gasteiger partial charge in [0.25, 0.3) is 0 Å². The third-order valence-electron chi connectivity index (χ3n) is 2.74. The van der Waals surface area contributed by atoms with Gasteiger partial charge in [-0.2, -0.15) is 0 Å². The molecule has 98 valence electrons. The third kappa shape index (κ3) is 3.86. The fourth-order valence-electron chi connectivity index (χ4n) is 1.77. The van der Waals surface area contributed by atoms with Crippen molar-refractivity contribution in [3.8, 4) is 0 Å². The van der Waals surface area contributed by atoms with Gasteiger partial charge in [0.05, 0.1) is 0 Å². The fraction of sp³-hybridized carbons (Fsp3) is 0.133. The fourth-order valence-corrected chi connectivity index (χ4v) is 1.99. The quantitative estimate of drug-likeness (QED) is 0.757. The number of hydrogen-bond donors (Lipinski definition) is 0. The first-order chi connectivity index (χ1) is 9.04. The predicted molar refractivity (Wildman–Crippen MR) is 70.5 cm³/mol. The van der Waals surface area contributed by atoms with E-state index in [1.165, 1.54) is 24.3 Å². The Hall–Kier alpha value is -1.74. The number of aryl methyl sites for hydroxylation is 1. The van der Waals surface area contributed by atoms with Crippen LogP contribution in [0, 0.1) is 11.6 Å². The molecule has 0 heterocycles. The molecular weight excluding hydrogens is 270 g/mol. The molecule has 0 radical (unpaired) electrons. The average Bonchev–Trinajstić information content (AvgIpc) is 2.36. The van der Waals surface area contributed by atoms with Gasteiger partial charge in [0.15, 0.2) is 5.78 Å². The molecule has 0 saturated carbocycles. The number of Topliss-reactive ketones (excluding diaryl/α,β-unsaturated/α-hetero) is 1. The number of hydrogen-bond acceptors (Lipinski definition) is 1. The van der Waals surface area contributed by atoms with Crippen molar-refractivity contribution in [1.82, 2.24) is 0 Å². The Kier molecular flexibility index (Phi) is 4.27. The molecule has 0 fully saturated rings. The van der Waals surface area contributed by atoms with E-state index in [2.05, 4.69) is 0 Å². The maximum absolute atomic E-state index is 13.1. The van der Waals surface area contributed by atoms with Crippen molar-refractivity contribution in [2.45, 2.75) is 12.8 Å². The summed E-state index contributed by atoms with van der Waals surface area (Å²) in [6, 6.07) is 9.70. The third-order valence-corrected chi connectivity index (χ3v) is 2.96. The molecule has 0 N–H and O–H groups in total. The van der Waals surface area contributed by atoms with E-state index in [0.717, 1.165) is 11.6 Å². The van der Waals surface area contributed by atoms with Crippen LogP contribution in [0.1, 0.15) is 22.3 Å². The van der Waals surface area contributed by atoms with Crippen LogP contribution in [0.3, 0.4) is 0 Å². The first kappa shape index (κ1) is 13.7. The van der Waals surface area contributed by atoms with E-state index in [1.54, 1.807) is 12.1 Å². The maximum atomic E-state index is 13.1. The number of carbonyl (C=O) groups is 1. The Morgan fingerprint density at radius 1 is 1.00 bits per heavy atom. The van der Waals surface area contributed by atoms with E-state index < -0.39 is 5.82 Å². The molecule has 0 amide bonds. The van der Waals surface area contributed by atoms with Crippen LogP contribution < -0.4 is 0 Å². The van der Waals surface area contributed by atoms with Gasteiger partial charge in [0.1, 0.15) is 11.6 Å². The molecule has 0 unspecified atom stereocenters. The van der Waals surface area contributed by atoms with Crippen molar-refractivity contribution in [1.29, 1.82) is 0 Å². The van der Waals surface area contributed by atoms with Crippen molar-refractivity contribution < 1.29 is 13.6 Å². The van der Waals surface area contributed by atoms with Crippen LogP contribution in [0.25, 0.3) is 0 Å². The number of benzene rings is 2. The molecule has 0 bridgehead atoms. The lowest BCUT2D eigenvalue weighted by Crippen LogP contribution is -2.02. The SMILES string of the molecule is O=C(CCc1ccc(F)cc1)c1cc(F)cc(Cl)c1. The topological polar surface area (TPSA) is 17.1 Å². The Bertz CT molecular complexity index is 573.